The molecule has 0 aliphatic carbocycles. The molecule has 2 aromatic rings. The van der Waals surface area contributed by atoms with E-state index in [1.165, 1.54) is 0 Å². The number of amides is 1. The molecule has 1 amide bonds. The van der Waals surface area contributed by atoms with E-state index in [1.54, 1.807) is 19.0 Å². The summed E-state index contributed by atoms with van der Waals surface area (Å²) in [6.07, 6.45) is 2.99. The van der Waals surface area contributed by atoms with Crippen LogP contribution in [-0.4, -0.2) is 50.6 Å². The summed E-state index contributed by atoms with van der Waals surface area (Å²) in [5, 5.41) is 6.67. The van der Waals surface area contributed by atoms with Gasteiger partial charge in [-0.15, -0.1) is 0 Å². The van der Waals surface area contributed by atoms with Crippen molar-refractivity contribution < 1.29 is 9.53 Å². The summed E-state index contributed by atoms with van der Waals surface area (Å²) in [4.78, 5) is 18.4. The van der Waals surface area contributed by atoms with Crippen molar-refractivity contribution in [1.29, 1.82) is 0 Å². The van der Waals surface area contributed by atoms with E-state index in [2.05, 4.69) is 36.6 Å². The van der Waals surface area contributed by atoms with Gasteiger partial charge in [0.05, 0.1) is 13.2 Å². The Labute approximate surface area is 186 Å². The highest BCUT2D eigenvalue weighted by molar-refractivity contribution is 5.94. The van der Waals surface area contributed by atoms with Gasteiger partial charge in [-0.25, -0.2) is 4.99 Å². The quantitative estimate of drug-likeness (QED) is 0.327. The van der Waals surface area contributed by atoms with Crippen LogP contribution in [0.15, 0.2) is 53.5 Å². The molecule has 0 aromatic heterocycles. The van der Waals surface area contributed by atoms with Crippen LogP contribution in [0, 0.1) is 0 Å². The van der Waals surface area contributed by atoms with Crippen molar-refractivity contribution in [2.24, 2.45) is 4.99 Å². The predicted molar refractivity (Wildman–Crippen MR) is 128 cm³/mol. The SMILES string of the molecule is CCCCOc1cccc(CN=C(NCC)NCCc2cccc(C(=O)N(C)C)c2)c1. The molecule has 0 spiro atoms. The lowest BCUT2D eigenvalue weighted by Crippen LogP contribution is -2.38. The zero-order valence-corrected chi connectivity index (χ0v) is 19.3. The van der Waals surface area contributed by atoms with Crippen molar-refractivity contribution in [3.05, 3.63) is 65.2 Å². The van der Waals surface area contributed by atoms with Crippen LogP contribution in [0.2, 0.25) is 0 Å². The number of hydrogen-bond acceptors (Lipinski definition) is 3. The van der Waals surface area contributed by atoms with E-state index in [1.807, 2.05) is 36.4 Å². The van der Waals surface area contributed by atoms with Crippen LogP contribution in [0.4, 0.5) is 0 Å². The Morgan fingerprint density at radius 1 is 1.03 bits per heavy atom. The number of unbranched alkanes of at least 4 members (excludes halogenated alkanes) is 1. The molecule has 6 heteroatoms. The Morgan fingerprint density at radius 3 is 2.55 bits per heavy atom. The maximum atomic E-state index is 12.2. The Balaban J connectivity index is 1.91. The van der Waals surface area contributed by atoms with Gasteiger partial charge in [-0.1, -0.05) is 37.6 Å². The average Bonchev–Trinajstić information content (AvgIpc) is 2.77. The molecular weight excluding hydrogens is 388 g/mol. The number of carbonyl (C=O) groups excluding carboxylic acids is 1. The number of nitrogens with zero attached hydrogens (tertiary/aromatic N) is 2. The van der Waals surface area contributed by atoms with Crippen LogP contribution < -0.4 is 15.4 Å². The number of rotatable bonds is 11. The lowest BCUT2D eigenvalue weighted by Gasteiger charge is -2.13. The second-order valence-electron chi connectivity index (χ2n) is 7.62. The van der Waals surface area contributed by atoms with Crippen LogP contribution in [0.3, 0.4) is 0 Å². The zero-order valence-electron chi connectivity index (χ0n) is 19.3. The summed E-state index contributed by atoms with van der Waals surface area (Å²) in [6.45, 7) is 7.05. The molecule has 168 valence electrons. The number of guanidine groups is 1. The molecule has 0 saturated heterocycles. The van der Waals surface area contributed by atoms with E-state index in [0.29, 0.717) is 12.1 Å². The smallest absolute Gasteiger partial charge is 0.253 e. The van der Waals surface area contributed by atoms with Crippen LogP contribution >= 0.6 is 0 Å². The van der Waals surface area contributed by atoms with Crippen LogP contribution in [0.5, 0.6) is 5.75 Å². The van der Waals surface area contributed by atoms with Crippen molar-refractivity contribution in [3.8, 4) is 5.75 Å². The van der Waals surface area contributed by atoms with Gasteiger partial charge in [0.25, 0.3) is 5.91 Å². The molecule has 0 aliphatic heterocycles. The topological polar surface area (TPSA) is 66.0 Å². The molecule has 6 nitrogen and oxygen atoms in total. The fraction of sp³-hybridized carbons (Fsp3) is 0.440. The van der Waals surface area contributed by atoms with Gasteiger partial charge in [-0.05, 0) is 55.2 Å². The molecule has 0 aliphatic rings. The van der Waals surface area contributed by atoms with Gasteiger partial charge in [0.2, 0.25) is 0 Å². The third-order valence-corrected chi connectivity index (χ3v) is 4.72. The van der Waals surface area contributed by atoms with E-state index in [4.69, 9.17) is 9.73 Å². The van der Waals surface area contributed by atoms with E-state index in [0.717, 1.165) is 61.8 Å². The van der Waals surface area contributed by atoms with Gasteiger partial charge in [-0.3, -0.25) is 4.79 Å². The number of carbonyl (C=O) groups is 1. The monoisotopic (exact) mass is 424 g/mol. The lowest BCUT2D eigenvalue weighted by molar-refractivity contribution is 0.0827. The number of aliphatic imine (C=N–C) groups is 1. The summed E-state index contributed by atoms with van der Waals surface area (Å²) in [5.41, 5.74) is 2.94. The molecule has 0 heterocycles. The van der Waals surface area contributed by atoms with Crippen LogP contribution in [0.25, 0.3) is 0 Å². The van der Waals surface area contributed by atoms with Crippen molar-refractivity contribution >= 4 is 11.9 Å². The number of ether oxygens (including phenoxy) is 1. The van der Waals surface area contributed by atoms with E-state index in [9.17, 15) is 4.79 Å². The number of nitrogens with one attached hydrogen (secondary N) is 2. The van der Waals surface area contributed by atoms with E-state index in [-0.39, 0.29) is 5.91 Å². The molecule has 0 atom stereocenters. The third kappa shape index (κ3) is 8.70. The van der Waals surface area contributed by atoms with Gasteiger partial charge in [0.1, 0.15) is 5.75 Å². The summed E-state index contributed by atoms with van der Waals surface area (Å²) in [5.74, 6) is 1.69. The van der Waals surface area contributed by atoms with E-state index < -0.39 is 0 Å². The van der Waals surface area contributed by atoms with Gasteiger partial charge in [0.15, 0.2) is 5.96 Å². The van der Waals surface area contributed by atoms with Gasteiger partial charge in [0, 0.05) is 32.7 Å². The second-order valence-corrected chi connectivity index (χ2v) is 7.62. The summed E-state index contributed by atoms with van der Waals surface area (Å²) < 4.78 is 5.79. The fourth-order valence-corrected chi connectivity index (χ4v) is 3.02. The van der Waals surface area contributed by atoms with Crippen molar-refractivity contribution in [1.82, 2.24) is 15.5 Å². The van der Waals surface area contributed by atoms with Crippen LogP contribution in [-0.2, 0) is 13.0 Å². The molecular formula is C25H36N4O2. The summed E-state index contributed by atoms with van der Waals surface area (Å²) >= 11 is 0. The Morgan fingerprint density at radius 2 is 1.81 bits per heavy atom. The highest BCUT2D eigenvalue weighted by Crippen LogP contribution is 2.14. The minimum atomic E-state index is 0.0191. The highest BCUT2D eigenvalue weighted by Gasteiger charge is 2.08. The molecule has 0 unspecified atom stereocenters. The minimum absolute atomic E-state index is 0.0191. The molecule has 2 N–H and O–H groups in total. The standard InChI is InChI=1S/C25H36N4O2/c1-5-7-16-31-23-13-9-11-21(18-23)19-28-25(26-6-2)27-15-14-20-10-8-12-22(17-20)24(30)29(3)4/h8-13,17-18H,5-7,14-16,19H2,1-4H3,(H2,26,27,28). The van der Waals surface area contributed by atoms with Gasteiger partial charge >= 0.3 is 0 Å². The Hall–Kier alpha value is -3.02. The molecule has 2 aromatic carbocycles. The fourth-order valence-electron chi connectivity index (χ4n) is 3.02. The van der Waals surface area contributed by atoms with E-state index >= 15 is 0 Å². The average molecular weight is 425 g/mol. The Kier molecular flexibility index (Phi) is 10.4. The second kappa shape index (κ2) is 13.3. The summed E-state index contributed by atoms with van der Waals surface area (Å²) in [7, 11) is 3.53. The first kappa shape index (κ1) is 24.3. The maximum Gasteiger partial charge on any atom is 0.253 e. The predicted octanol–water partition coefficient (Wildman–Crippen LogP) is 3.87. The molecule has 0 radical (unpaired) electrons. The molecule has 0 bridgehead atoms. The number of benzene rings is 2. The summed E-state index contributed by atoms with van der Waals surface area (Å²) in [6, 6.07) is 15.9. The Bertz CT molecular complexity index is 849. The van der Waals surface area contributed by atoms with Gasteiger partial charge in [-0.2, -0.15) is 0 Å². The lowest BCUT2D eigenvalue weighted by atomic mass is 10.1. The molecule has 31 heavy (non-hydrogen) atoms. The van der Waals surface area contributed by atoms with Crippen molar-refractivity contribution in [3.63, 3.8) is 0 Å². The maximum absolute atomic E-state index is 12.2. The molecule has 2 rings (SSSR count). The largest absolute Gasteiger partial charge is 0.494 e. The highest BCUT2D eigenvalue weighted by atomic mass is 16.5. The first-order valence-electron chi connectivity index (χ1n) is 11.1. The third-order valence-electron chi connectivity index (χ3n) is 4.72. The number of hydrogen-bond donors (Lipinski definition) is 2. The van der Waals surface area contributed by atoms with Crippen molar-refractivity contribution in [2.45, 2.75) is 39.7 Å². The molecule has 0 fully saturated rings. The normalized spacial score (nSPS) is 11.2. The van der Waals surface area contributed by atoms with Crippen LogP contribution in [0.1, 0.15) is 48.2 Å². The minimum Gasteiger partial charge on any atom is -0.494 e. The van der Waals surface area contributed by atoms with Crippen molar-refractivity contribution in [2.75, 3.05) is 33.8 Å². The zero-order chi connectivity index (χ0) is 22.5. The van der Waals surface area contributed by atoms with Gasteiger partial charge < -0.3 is 20.3 Å². The first-order chi connectivity index (χ1) is 15.0. The molecule has 0 saturated carbocycles. The first-order valence-corrected chi connectivity index (χ1v) is 11.1.